The van der Waals surface area contributed by atoms with Crippen molar-refractivity contribution in [1.82, 2.24) is 4.57 Å². The molecule has 0 bridgehead atoms. The van der Waals surface area contributed by atoms with E-state index < -0.39 is 18.0 Å². The average Bonchev–Trinajstić information content (AvgIpc) is 3.52. The first-order chi connectivity index (χ1) is 19.2. The second-order valence-electron chi connectivity index (χ2n) is 9.37. The molecule has 204 valence electrons. The number of anilines is 1. The Morgan fingerprint density at radius 1 is 1.10 bits per heavy atom. The highest BCUT2D eigenvalue weighted by Gasteiger charge is 2.33. The fraction of sp³-hybridized carbons (Fsp3) is 0.200. The molecule has 2 aromatic heterocycles. The first-order valence-corrected chi connectivity index (χ1v) is 13.4. The number of allylic oxidation sites excluding steroid dienone is 1. The molecule has 40 heavy (non-hydrogen) atoms. The molecule has 1 unspecified atom stereocenters. The van der Waals surface area contributed by atoms with Crippen LogP contribution in [-0.2, 0) is 9.53 Å². The van der Waals surface area contributed by atoms with E-state index in [1.54, 1.807) is 44.2 Å². The summed E-state index contributed by atoms with van der Waals surface area (Å²) in [4.78, 5) is 45.0. The molecule has 0 amide bonds. The number of hydrogen-bond donors (Lipinski definition) is 1. The number of hydrogen-bond acceptors (Lipinski definition) is 8. The van der Waals surface area contributed by atoms with Crippen LogP contribution in [0.4, 0.5) is 5.69 Å². The van der Waals surface area contributed by atoms with Crippen LogP contribution >= 0.6 is 11.3 Å². The molecule has 0 fully saturated rings. The number of rotatable bonds is 7. The number of carbonyl (C=O) groups is 2. The van der Waals surface area contributed by atoms with Crippen LogP contribution in [0, 0.1) is 0 Å². The van der Waals surface area contributed by atoms with Crippen molar-refractivity contribution < 1.29 is 23.8 Å². The third kappa shape index (κ3) is 5.01. The summed E-state index contributed by atoms with van der Waals surface area (Å²) in [7, 11) is 3.88. The number of esters is 1. The van der Waals surface area contributed by atoms with E-state index >= 15 is 0 Å². The standard InChI is InChI=1S/C30H27N3O6S/c1-5-38-29(37)25-17(2)31-30-33(26(25)19-10-12-21(13-11-19)32(3)4)27(34)24(40-30)16-22-14-15-23(39-22)18-6-8-20(9-7-18)28(35)36/h6-16,26H,5H2,1-4H3,(H,35,36)/b24-16-. The van der Waals surface area contributed by atoms with Gasteiger partial charge in [0, 0.05) is 31.4 Å². The van der Waals surface area contributed by atoms with Gasteiger partial charge >= 0.3 is 11.9 Å². The maximum Gasteiger partial charge on any atom is 0.338 e. The lowest BCUT2D eigenvalue weighted by atomic mass is 9.95. The van der Waals surface area contributed by atoms with E-state index in [2.05, 4.69) is 4.99 Å². The third-order valence-electron chi connectivity index (χ3n) is 6.56. The van der Waals surface area contributed by atoms with E-state index in [1.807, 2.05) is 43.3 Å². The minimum Gasteiger partial charge on any atom is -0.478 e. The van der Waals surface area contributed by atoms with Crippen LogP contribution in [0.2, 0.25) is 0 Å². The SMILES string of the molecule is CCOC(=O)C1=C(C)N=c2s/c(=C\c3ccc(-c4ccc(C(=O)O)cc4)o3)c(=O)n2C1c1ccc(N(C)C)cc1. The lowest BCUT2D eigenvalue weighted by molar-refractivity contribution is -0.139. The van der Waals surface area contributed by atoms with Gasteiger partial charge < -0.3 is 19.2 Å². The minimum atomic E-state index is -1.00. The number of thiazole rings is 1. The van der Waals surface area contributed by atoms with Crippen LogP contribution in [0.3, 0.4) is 0 Å². The number of carboxylic acid groups (broad SMARTS) is 1. The van der Waals surface area contributed by atoms with Gasteiger partial charge in [0.1, 0.15) is 11.5 Å². The van der Waals surface area contributed by atoms with Crippen molar-refractivity contribution in [1.29, 1.82) is 0 Å². The van der Waals surface area contributed by atoms with Crippen molar-refractivity contribution in [2.45, 2.75) is 19.9 Å². The Morgan fingerprint density at radius 2 is 1.80 bits per heavy atom. The highest BCUT2D eigenvalue weighted by atomic mass is 32.1. The number of fused-ring (bicyclic) bond motifs is 1. The zero-order valence-corrected chi connectivity index (χ0v) is 23.2. The number of aromatic carboxylic acids is 1. The van der Waals surface area contributed by atoms with Gasteiger partial charge in [0.25, 0.3) is 5.56 Å². The van der Waals surface area contributed by atoms with Gasteiger partial charge in [0.2, 0.25) is 0 Å². The number of ether oxygens (including phenoxy) is 1. The summed E-state index contributed by atoms with van der Waals surface area (Å²) in [6, 6.07) is 16.8. The zero-order chi connectivity index (χ0) is 28.6. The summed E-state index contributed by atoms with van der Waals surface area (Å²) in [5, 5.41) is 9.13. The van der Waals surface area contributed by atoms with Gasteiger partial charge in [-0.3, -0.25) is 9.36 Å². The van der Waals surface area contributed by atoms with Crippen LogP contribution in [-0.4, -0.2) is 42.3 Å². The summed E-state index contributed by atoms with van der Waals surface area (Å²) < 4.78 is 13.2. The van der Waals surface area contributed by atoms with E-state index in [4.69, 9.17) is 14.3 Å². The van der Waals surface area contributed by atoms with Gasteiger partial charge in [-0.1, -0.05) is 35.6 Å². The molecule has 5 rings (SSSR count). The van der Waals surface area contributed by atoms with Gasteiger partial charge in [0.15, 0.2) is 4.80 Å². The van der Waals surface area contributed by atoms with Crippen molar-refractivity contribution in [3.8, 4) is 11.3 Å². The van der Waals surface area contributed by atoms with E-state index in [0.717, 1.165) is 11.3 Å². The first-order valence-electron chi connectivity index (χ1n) is 12.6. The van der Waals surface area contributed by atoms with Crippen LogP contribution in [0.25, 0.3) is 17.4 Å². The Kier molecular flexibility index (Phi) is 7.27. The Bertz CT molecular complexity index is 1810. The number of furan rings is 1. The lowest BCUT2D eigenvalue weighted by Crippen LogP contribution is -2.39. The second kappa shape index (κ2) is 10.8. The predicted molar refractivity (Wildman–Crippen MR) is 152 cm³/mol. The summed E-state index contributed by atoms with van der Waals surface area (Å²) in [6.07, 6.45) is 1.65. The topological polar surface area (TPSA) is 114 Å². The highest BCUT2D eigenvalue weighted by Crippen LogP contribution is 2.31. The van der Waals surface area contributed by atoms with Gasteiger partial charge in [-0.05, 0) is 55.8 Å². The normalized spacial score (nSPS) is 15.0. The van der Waals surface area contributed by atoms with E-state index in [1.165, 1.54) is 28.0 Å². The number of carbonyl (C=O) groups excluding carboxylic acids is 1. The fourth-order valence-electron chi connectivity index (χ4n) is 4.55. The smallest absolute Gasteiger partial charge is 0.338 e. The molecule has 0 spiro atoms. The molecule has 1 aliphatic heterocycles. The molecule has 0 saturated heterocycles. The molecule has 9 nitrogen and oxygen atoms in total. The first kappa shape index (κ1) is 26.9. The molecule has 2 aromatic carbocycles. The van der Waals surface area contributed by atoms with Crippen molar-refractivity contribution in [3.63, 3.8) is 0 Å². The van der Waals surface area contributed by atoms with E-state index in [9.17, 15) is 14.4 Å². The zero-order valence-electron chi connectivity index (χ0n) is 22.4. The van der Waals surface area contributed by atoms with Gasteiger partial charge in [-0.2, -0.15) is 0 Å². The van der Waals surface area contributed by atoms with Crippen molar-refractivity contribution >= 4 is 35.0 Å². The Labute approximate surface area is 233 Å². The average molecular weight is 558 g/mol. The molecular weight excluding hydrogens is 530 g/mol. The van der Waals surface area contributed by atoms with Crippen molar-refractivity contribution in [2.24, 2.45) is 4.99 Å². The number of benzene rings is 2. The van der Waals surface area contributed by atoms with Crippen LogP contribution in [0.1, 0.15) is 41.6 Å². The second-order valence-corrected chi connectivity index (χ2v) is 10.4. The number of aromatic nitrogens is 1. The van der Waals surface area contributed by atoms with Crippen molar-refractivity contribution in [3.05, 3.63) is 109 Å². The largest absolute Gasteiger partial charge is 0.478 e. The molecule has 1 aliphatic rings. The van der Waals surface area contributed by atoms with Gasteiger partial charge in [0.05, 0.1) is 34.0 Å². The van der Waals surface area contributed by atoms with Crippen LogP contribution < -0.4 is 19.8 Å². The maximum absolute atomic E-state index is 13.8. The Balaban J connectivity index is 1.59. The Morgan fingerprint density at radius 3 is 2.42 bits per heavy atom. The van der Waals surface area contributed by atoms with E-state index in [0.29, 0.717) is 37.7 Å². The van der Waals surface area contributed by atoms with E-state index in [-0.39, 0.29) is 17.7 Å². The number of nitrogens with zero attached hydrogens (tertiary/aromatic N) is 3. The van der Waals surface area contributed by atoms with Gasteiger partial charge in [-0.15, -0.1) is 0 Å². The maximum atomic E-state index is 13.8. The number of carboxylic acids is 1. The molecule has 3 heterocycles. The summed E-state index contributed by atoms with van der Waals surface area (Å²) in [5.41, 5.74) is 3.16. The minimum absolute atomic E-state index is 0.181. The molecule has 1 atom stereocenters. The molecule has 0 saturated carbocycles. The summed E-state index contributed by atoms with van der Waals surface area (Å²) >= 11 is 1.21. The fourth-order valence-corrected chi connectivity index (χ4v) is 5.58. The van der Waals surface area contributed by atoms with Crippen LogP contribution in [0.15, 0.2) is 86.1 Å². The third-order valence-corrected chi connectivity index (χ3v) is 7.54. The molecular formula is C30H27N3O6S. The Hall–Kier alpha value is -4.70. The molecule has 10 heteroatoms. The quantitative estimate of drug-likeness (QED) is 0.344. The summed E-state index contributed by atoms with van der Waals surface area (Å²) in [5.74, 6) is -0.522. The molecule has 0 aliphatic carbocycles. The summed E-state index contributed by atoms with van der Waals surface area (Å²) in [6.45, 7) is 3.69. The van der Waals surface area contributed by atoms with Crippen molar-refractivity contribution in [2.75, 3.05) is 25.6 Å². The van der Waals surface area contributed by atoms with Crippen LogP contribution in [0.5, 0.6) is 0 Å². The lowest BCUT2D eigenvalue weighted by Gasteiger charge is -2.25. The predicted octanol–water partition coefficient (Wildman–Crippen LogP) is 3.82. The van der Waals surface area contributed by atoms with Gasteiger partial charge in [-0.25, -0.2) is 14.6 Å². The molecule has 4 aromatic rings. The molecule has 0 radical (unpaired) electrons. The monoisotopic (exact) mass is 557 g/mol. The highest BCUT2D eigenvalue weighted by molar-refractivity contribution is 7.07. The molecule has 1 N–H and O–H groups in total.